The maximum absolute atomic E-state index is 11.7. The van der Waals surface area contributed by atoms with Crippen molar-refractivity contribution in [1.82, 2.24) is 10.3 Å². The van der Waals surface area contributed by atoms with E-state index in [2.05, 4.69) is 10.3 Å². The van der Waals surface area contributed by atoms with Crippen molar-refractivity contribution in [2.24, 2.45) is 0 Å². The lowest BCUT2D eigenvalue weighted by Crippen LogP contribution is -2.42. The highest BCUT2D eigenvalue weighted by Gasteiger charge is 2.19. The molecule has 0 aromatic carbocycles. The average molecular weight is 334 g/mol. The summed E-state index contributed by atoms with van der Waals surface area (Å²) in [5, 5.41) is 14.5. The van der Waals surface area contributed by atoms with Gasteiger partial charge in [0.1, 0.15) is 6.04 Å². The SMILES string of the molecule is CSCC[C@H](NC(=O)CSCc1csc(C)n1)C(=O)O. The third kappa shape index (κ3) is 6.62. The predicted molar refractivity (Wildman–Crippen MR) is 85.6 cm³/mol. The van der Waals surface area contributed by atoms with E-state index in [4.69, 9.17) is 5.11 Å². The third-order valence-corrected chi connectivity index (χ3v) is 4.83. The van der Waals surface area contributed by atoms with Crippen LogP contribution in [-0.2, 0) is 15.3 Å². The first kappa shape index (κ1) is 17.3. The molecule has 0 saturated heterocycles. The summed E-state index contributed by atoms with van der Waals surface area (Å²) < 4.78 is 0. The number of aryl methyl sites for hydroxylation is 1. The number of aromatic nitrogens is 1. The van der Waals surface area contributed by atoms with Crippen LogP contribution in [0.4, 0.5) is 0 Å². The van der Waals surface area contributed by atoms with E-state index in [0.29, 0.717) is 17.9 Å². The van der Waals surface area contributed by atoms with Crippen molar-refractivity contribution < 1.29 is 14.7 Å². The van der Waals surface area contributed by atoms with Gasteiger partial charge in [0, 0.05) is 11.1 Å². The number of hydrogen-bond acceptors (Lipinski definition) is 6. The minimum atomic E-state index is -0.979. The average Bonchev–Trinajstić information content (AvgIpc) is 2.80. The summed E-state index contributed by atoms with van der Waals surface area (Å²) in [6, 6.07) is -0.794. The Morgan fingerprint density at radius 1 is 1.55 bits per heavy atom. The van der Waals surface area contributed by atoms with Gasteiger partial charge < -0.3 is 10.4 Å². The second-order valence-electron chi connectivity index (χ2n) is 4.09. The molecule has 0 aliphatic rings. The zero-order valence-electron chi connectivity index (χ0n) is 11.4. The summed E-state index contributed by atoms with van der Waals surface area (Å²) in [5.74, 6) is 0.408. The molecule has 0 aliphatic heterocycles. The van der Waals surface area contributed by atoms with E-state index in [9.17, 15) is 9.59 Å². The molecule has 1 aromatic heterocycles. The standard InChI is InChI=1S/C12H18N2O3S3/c1-8-13-9(6-20-8)5-19-7-11(15)14-10(12(16)17)3-4-18-2/h6,10H,3-5,7H2,1-2H3,(H,14,15)(H,16,17)/t10-/m0/s1. The van der Waals surface area contributed by atoms with E-state index in [1.54, 1.807) is 23.1 Å². The highest BCUT2D eigenvalue weighted by atomic mass is 32.2. The first-order valence-electron chi connectivity index (χ1n) is 6.02. The van der Waals surface area contributed by atoms with Crippen LogP contribution in [-0.4, -0.2) is 45.8 Å². The molecule has 20 heavy (non-hydrogen) atoms. The number of aliphatic carboxylic acids is 1. The Kier molecular flexibility index (Phi) is 8.01. The molecule has 1 rings (SSSR count). The van der Waals surface area contributed by atoms with E-state index in [-0.39, 0.29) is 11.7 Å². The summed E-state index contributed by atoms with van der Waals surface area (Å²) in [6.07, 6.45) is 2.35. The number of thiazole rings is 1. The van der Waals surface area contributed by atoms with Gasteiger partial charge in [-0.3, -0.25) is 4.79 Å². The molecule has 1 aromatic rings. The Labute approximate surface area is 130 Å². The van der Waals surface area contributed by atoms with Crippen molar-refractivity contribution in [1.29, 1.82) is 0 Å². The summed E-state index contributed by atoms with van der Waals surface area (Å²) in [7, 11) is 0. The number of hydrogen-bond donors (Lipinski definition) is 2. The van der Waals surface area contributed by atoms with Gasteiger partial charge in [0.15, 0.2) is 0 Å². The number of carbonyl (C=O) groups excluding carboxylic acids is 1. The first-order chi connectivity index (χ1) is 9.52. The van der Waals surface area contributed by atoms with E-state index in [0.717, 1.165) is 10.7 Å². The fourth-order valence-electron chi connectivity index (χ4n) is 1.45. The zero-order valence-corrected chi connectivity index (χ0v) is 13.9. The van der Waals surface area contributed by atoms with Crippen molar-refractivity contribution in [2.75, 3.05) is 17.8 Å². The lowest BCUT2D eigenvalue weighted by atomic mass is 10.2. The van der Waals surface area contributed by atoms with Crippen LogP contribution in [0, 0.1) is 6.92 Å². The number of nitrogens with zero attached hydrogens (tertiary/aromatic N) is 1. The molecular formula is C12H18N2O3S3. The fraction of sp³-hybridized carbons (Fsp3) is 0.583. The van der Waals surface area contributed by atoms with E-state index in [1.807, 2.05) is 18.6 Å². The number of thioether (sulfide) groups is 2. The topological polar surface area (TPSA) is 79.3 Å². The smallest absolute Gasteiger partial charge is 0.326 e. The highest BCUT2D eigenvalue weighted by molar-refractivity contribution is 7.99. The van der Waals surface area contributed by atoms with Gasteiger partial charge in [0.25, 0.3) is 0 Å². The van der Waals surface area contributed by atoms with Crippen molar-refractivity contribution in [3.63, 3.8) is 0 Å². The maximum Gasteiger partial charge on any atom is 0.326 e. The summed E-state index contributed by atoms with van der Waals surface area (Å²) in [4.78, 5) is 27.0. The minimum Gasteiger partial charge on any atom is -0.480 e. The quantitative estimate of drug-likeness (QED) is 0.719. The molecule has 1 atom stereocenters. The van der Waals surface area contributed by atoms with E-state index in [1.165, 1.54) is 11.8 Å². The lowest BCUT2D eigenvalue weighted by molar-refractivity contribution is -0.141. The lowest BCUT2D eigenvalue weighted by Gasteiger charge is -2.13. The van der Waals surface area contributed by atoms with Crippen LogP contribution < -0.4 is 5.32 Å². The molecule has 2 N–H and O–H groups in total. The normalized spacial score (nSPS) is 12.1. The number of rotatable bonds is 9. The number of carboxylic acids is 1. The van der Waals surface area contributed by atoms with Crippen LogP contribution in [0.1, 0.15) is 17.1 Å². The largest absolute Gasteiger partial charge is 0.480 e. The first-order valence-corrected chi connectivity index (χ1v) is 9.45. The molecule has 0 unspecified atom stereocenters. The summed E-state index contributed by atoms with van der Waals surface area (Å²) in [5.41, 5.74) is 0.961. The number of carboxylic acid groups (broad SMARTS) is 1. The Hall–Kier alpha value is -0.730. The van der Waals surface area contributed by atoms with Gasteiger partial charge in [-0.25, -0.2) is 9.78 Å². The van der Waals surface area contributed by atoms with Gasteiger partial charge >= 0.3 is 5.97 Å². The van der Waals surface area contributed by atoms with Crippen LogP contribution in [0.2, 0.25) is 0 Å². The van der Waals surface area contributed by atoms with Crippen molar-refractivity contribution in [3.8, 4) is 0 Å². The molecule has 1 amide bonds. The summed E-state index contributed by atoms with van der Waals surface area (Å²) in [6.45, 7) is 1.94. The molecule has 0 radical (unpaired) electrons. The highest BCUT2D eigenvalue weighted by Crippen LogP contribution is 2.15. The van der Waals surface area contributed by atoms with Crippen molar-refractivity contribution in [2.45, 2.75) is 25.1 Å². The molecule has 112 valence electrons. The van der Waals surface area contributed by atoms with Gasteiger partial charge in [-0.15, -0.1) is 23.1 Å². The number of nitrogens with one attached hydrogen (secondary N) is 1. The van der Waals surface area contributed by atoms with Crippen LogP contribution >= 0.6 is 34.9 Å². The molecule has 8 heteroatoms. The van der Waals surface area contributed by atoms with Gasteiger partial charge in [-0.2, -0.15) is 11.8 Å². The van der Waals surface area contributed by atoms with Crippen LogP contribution in [0.3, 0.4) is 0 Å². The molecule has 0 saturated carbocycles. The predicted octanol–water partition coefficient (Wildman–Crippen LogP) is 2.01. The Morgan fingerprint density at radius 3 is 2.85 bits per heavy atom. The Balaban J connectivity index is 2.28. The van der Waals surface area contributed by atoms with Gasteiger partial charge in [-0.1, -0.05) is 0 Å². The second-order valence-corrected chi connectivity index (χ2v) is 7.12. The molecular weight excluding hydrogens is 316 g/mol. The molecule has 0 fully saturated rings. The molecule has 0 spiro atoms. The summed E-state index contributed by atoms with van der Waals surface area (Å²) >= 11 is 4.59. The molecule has 1 heterocycles. The molecule has 0 bridgehead atoms. The van der Waals surface area contributed by atoms with Crippen LogP contribution in [0.15, 0.2) is 5.38 Å². The Morgan fingerprint density at radius 2 is 2.30 bits per heavy atom. The third-order valence-electron chi connectivity index (χ3n) is 2.39. The van der Waals surface area contributed by atoms with Crippen LogP contribution in [0.5, 0.6) is 0 Å². The zero-order chi connectivity index (χ0) is 15.0. The second kappa shape index (κ2) is 9.25. The monoisotopic (exact) mass is 334 g/mol. The number of carbonyl (C=O) groups is 2. The maximum atomic E-state index is 11.7. The fourth-order valence-corrected chi connectivity index (χ4v) is 3.37. The van der Waals surface area contributed by atoms with E-state index >= 15 is 0 Å². The molecule has 0 aliphatic carbocycles. The Bertz CT molecular complexity index is 451. The minimum absolute atomic E-state index is 0.240. The van der Waals surface area contributed by atoms with Gasteiger partial charge in [-0.05, 0) is 25.4 Å². The van der Waals surface area contributed by atoms with Gasteiger partial charge in [0.2, 0.25) is 5.91 Å². The number of amides is 1. The molecule has 5 nitrogen and oxygen atoms in total. The van der Waals surface area contributed by atoms with E-state index < -0.39 is 12.0 Å². The van der Waals surface area contributed by atoms with Gasteiger partial charge in [0.05, 0.1) is 16.5 Å². The van der Waals surface area contributed by atoms with Crippen molar-refractivity contribution in [3.05, 3.63) is 16.1 Å². The van der Waals surface area contributed by atoms with Crippen molar-refractivity contribution >= 4 is 46.7 Å². The van der Waals surface area contributed by atoms with Crippen LogP contribution in [0.25, 0.3) is 0 Å².